The molecule has 0 aliphatic heterocycles. The predicted octanol–water partition coefficient (Wildman–Crippen LogP) is 1.23. The largest absolute Gasteiger partial charge is 0.376 e. The van der Waals surface area contributed by atoms with Crippen molar-refractivity contribution in [2.45, 2.75) is 6.42 Å². The van der Waals surface area contributed by atoms with Gasteiger partial charge in [-0.25, -0.2) is 0 Å². The minimum absolute atomic E-state index is 0.204. The SMILES string of the molecule is NC(=O)CC=Cc1ccccc1NC(N)=S. The molecule has 0 aliphatic carbocycles. The number of amides is 1. The molecule has 0 aliphatic rings. The number of hydrogen-bond donors (Lipinski definition) is 3. The summed E-state index contributed by atoms with van der Waals surface area (Å²) < 4.78 is 0. The van der Waals surface area contributed by atoms with Crippen LogP contribution in [0.1, 0.15) is 12.0 Å². The lowest BCUT2D eigenvalue weighted by atomic mass is 10.1. The first kappa shape index (κ1) is 12.2. The first-order valence-electron chi connectivity index (χ1n) is 4.70. The number of carbonyl (C=O) groups is 1. The van der Waals surface area contributed by atoms with Crippen LogP contribution in [0.2, 0.25) is 0 Å². The second-order valence-electron chi connectivity index (χ2n) is 3.15. The van der Waals surface area contributed by atoms with Gasteiger partial charge in [-0.1, -0.05) is 30.4 Å². The number of anilines is 1. The average Bonchev–Trinajstić information content (AvgIpc) is 2.19. The Kier molecular flexibility index (Phi) is 4.47. The lowest BCUT2D eigenvalue weighted by molar-refractivity contribution is -0.117. The van der Waals surface area contributed by atoms with E-state index >= 15 is 0 Å². The zero-order valence-electron chi connectivity index (χ0n) is 8.64. The summed E-state index contributed by atoms with van der Waals surface area (Å²) in [6.45, 7) is 0. The van der Waals surface area contributed by atoms with Crippen LogP contribution >= 0.6 is 12.2 Å². The van der Waals surface area contributed by atoms with E-state index in [1.807, 2.05) is 24.3 Å². The first-order valence-corrected chi connectivity index (χ1v) is 5.11. The summed E-state index contributed by atoms with van der Waals surface area (Å²) in [4.78, 5) is 10.6. The van der Waals surface area contributed by atoms with Crippen LogP contribution in [0.15, 0.2) is 30.3 Å². The molecule has 0 aromatic heterocycles. The molecule has 0 heterocycles. The molecule has 0 spiro atoms. The fourth-order valence-corrected chi connectivity index (χ4v) is 1.30. The van der Waals surface area contributed by atoms with Crippen LogP contribution < -0.4 is 16.8 Å². The molecular weight excluding hydrogens is 222 g/mol. The maximum atomic E-state index is 10.6. The van der Waals surface area contributed by atoms with Crippen LogP contribution in [0.25, 0.3) is 6.08 Å². The van der Waals surface area contributed by atoms with E-state index in [1.165, 1.54) is 0 Å². The van der Waals surface area contributed by atoms with Gasteiger partial charge in [0.1, 0.15) is 0 Å². The van der Waals surface area contributed by atoms with Crippen LogP contribution in [0.4, 0.5) is 5.69 Å². The van der Waals surface area contributed by atoms with Crippen molar-refractivity contribution in [3.05, 3.63) is 35.9 Å². The summed E-state index contributed by atoms with van der Waals surface area (Å²) >= 11 is 4.76. The summed E-state index contributed by atoms with van der Waals surface area (Å²) in [6.07, 6.45) is 3.70. The van der Waals surface area contributed by atoms with Gasteiger partial charge < -0.3 is 16.8 Å². The Morgan fingerprint density at radius 3 is 2.69 bits per heavy atom. The number of rotatable bonds is 4. The summed E-state index contributed by atoms with van der Waals surface area (Å²) in [5.41, 5.74) is 12.1. The lowest BCUT2D eigenvalue weighted by Gasteiger charge is -2.06. The quantitative estimate of drug-likeness (QED) is 0.686. The highest BCUT2D eigenvalue weighted by Crippen LogP contribution is 2.16. The summed E-state index contributed by atoms with van der Waals surface area (Å²) in [5, 5.41) is 3.06. The molecular formula is C11H13N3OS. The van der Waals surface area contributed by atoms with Gasteiger partial charge in [0.15, 0.2) is 5.11 Å². The van der Waals surface area contributed by atoms with E-state index in [0.717, 1.165) is 11.3 Å². The third-order valence-electron chi connectivity index (χ3n) is 1.84. The van der Waals surface area contributed by atoms with Gasteiger partial charge in [0.05, 0.1) is 0 Å². The smallest absolute Gasteiger partial charge is 0.221 e. The van der Waals surface area contributed by atoms with Crippen molar-refractivity contribution >= 4 is 35.0 Å². The fourth-order valence-electron chi connectivity index (χ4n) is 1.19. The minimum Gasteiger partial charge on any atom is -0.376 e. The Morgan fingerprint density at radius 2 is 2.06 bits per heavy atom. The van der Waals surface area contributed by atoms with Crippen LogP contribution in [-0.4, -0.2) is 11.0 Å². The van der Waals surface area contributed by atoms with Crippen LogP contribution in [-0.2, 0) is 4.79 Å². The number of thiocarbonyl (C=S) groups is 1. The van der Waals surface area contributed by atoms with Gasteiger partial charge in [0, 0.05) is 12.1 Å². The zero-order chi connectivity index (χ0) is 12.0. The average molecular weight is 235 g/mol. The molecule has 0 unspecified atom stereocenters. The highest BCUT2D eigenvalue weighted by atomic mass is 32.1. The van der Waals surface area contributed by atoms with Crippen molar-refractivity contribution in [1.82, 2.24) is 0 Å². The molecule has 0 saturated carbocycles. The lowest BCUT2D eigenvalue weighted by Crippen LogP contribution is -2.19. The van der Waals surface area contributed by atoms with Gasteiger partial charge in [-0.15, -0.1) is 0 Å². The van der Waals surface area contributed by atoms with E-state index < -0.39 is 0 Å². The predicted molar refractivity (Wildman–Crippen MR) is 69.7 cm³/mol. The van der Waals surface area contributed by atoms with Crippen LogP contribution in [0, 0.1) is 0 Å². The summed E-state index contributed by atoms with van der Waals surface area (Å²) in [5.74, 6) is -0.365. The number of para-hydroxylation sites is 1. The van der Waals surface area contributed by atoms with Crippen molar-refractivity contribution < 1.29 is 4.79 Å². The summed E-state index contributed by atoms with van der Waals surface area (Å²) in [7, 11) is 0. The molecule has 0 radical (unpaired) electrons. The topological polar surface area (TPSA) is 81.1 Å². The molecule has 0 fully saturated rings. The monoisotopic (exact) mass is 235 g/mol. The van der Waals surface area contributed by atoms with Gasteiger partial charge in [-0.05, 0) is 23.8 Å². The Hall–Kier alpha value is -1.88. The van der Waals surface area contributed by atoms with Crippen molar-refractivity contribution in [2.24, 2.45) is 11.5 Å². The van der Waals surface area contributed by atoms with E-state index in [2.05, 4.69) is 5.32 Å². The van der Waals surface area contributed by atoms with E-state index in [9.17, 15) is 4.79 Å². The van der Waals surface area contributed by atoms with Crippen molar-refractivity contribution in [3.63, 3.8) is 0 Å². The third kappa shape index (κ3) is 4.10. The molecule has 0 bridgehead atoms. The van der Waals surface area contributed by atoms with Gasteiger partial charge in [-0.2, -0.15) is 0 Å². The maximum absolute atomic E-state index is 10.6. The second kappa shape index (κ2) is 5.87. The standard InChI is InChI=1S/C11H13N3OS/c12-10(15)7-3-5-8-4-1-2-6-9(8)14-11(13)16/h1-6H,7H2,(H2,12,15)(H3,13,14,16). The van der Waals surface area contributed by atoms with Crippen LogP contribution in [0.5, 0.6) is 0 Å². The molecule has 16 heavy (non-hydrogen) atoms. The zero-order valence-corrected chi connectivity index (χ0v) is 9.46. The first-order chi connectivity index (χ1) is 7.59. The van der Waals surface area contributed by atoms with Gasteiger partial charge in [-0.3, -0.25) is 4.79 Å². The van der Waals surface area contributed by atoms with Crippen molar-refractivity contribution in [3.8, 4) is 0 Å². The van der Waals surface area contributed by atoms with Crippen LogP contribution in [0.3, 0.4) is 0 Å². The molecule has 0 saturated heterocycles. The maximum Gasteiger partial charge on any atom is 0.221 e. The molecule has 1 amide bonds. The van der Waals surface area contributed by atoms with E-state index in [-0.39, 0.29) is 17.4 Å². The Bertz CT molecular complexity index is 429. The molecule has 0 atom stereocenters. The number of primary amides is 1. The van der Waals surface area contributed by atoms with Crippen molar-refractivity contribution in [1.29, 1.82) is 0 Å². The number of carbonyl (C=O) groups excluding carboxylic acids is 1. The highest BCUT2D eigenvalue weighted by molar-refractivity contribution is 7.80. The number of nitrogens with two attached hydrogens (primary N) is 2. The molecule has 5 N–H and O–H groups in total. The van der Waals surface area contributed by atoms with Gasteiger partial charge >= 0.3 is 0 Å². The second-order valence-corrected chi connectivity index (χ2v) is 3.59. The Labute approximate surface area is 99.3 Å². The fraction of sp³-hybridized carbons (Fsp3) is 0.0909. The minimum atomic E-state index is -0.365. The molecule has 1 rings (SSSR count). The number of hydrogen-bond acceptors (Lipinski definition) is 2. The molecule has 84 valence electrons. The van der Waals surface area contributed by atoms with Gasteiger partial charge in [0.25, 0.3) is 0 Å². The normalized spacial score (nSPS) is 10.2. The third-order valence-corrected chi connectivity index (χ3v) is 1.94. The van der Waals surface area contributed by atoms with E-state index in [4.69, 9.17) is 23.7 Å². The van der Waals surface area contributed by atoms with Crippen molar-refractivity contribution in [2.75, 3.05) is 5.32 Å². The van der Waals surface area contributed by atoms with E-state index in [1.54, 1.807) is 12.2 Å². The Balaban J connectivity index is 2.82. The summed E-state index contributed by atoms with van der Waals surface area (Å²) in [6, 6.07) is 7.49. The molecule has 1 aromatic rings. The van der Waals surface area contributed by atoms with Gasteiger partial charge in [0.2, 0.25) is 5.91 Å². The number of nitrogens with one attached hydrogen (secondary N) is 1. The molecule has 4 nitrogen and oxygen atoms in total. The molecule has 5 heteroatoms. The number of benzene rings is 1. The Morgan fingerprint density at radius 1 is 1.38 bits per heavy atom. The van der Waals surface area contributed by atoms with E-state index in [0.29, 0.717) is 0 Å². The highest BCUT2D eigenvalue weighted by Gasteiger charge is 1.98. The molecule has 1 aromatic carbocycles.